The SMILES string of the molecule is CC(=O)Nc1ccc(S(=O)(=O)N2CCN(C(=O)c3cn(C)c4ccccc34)CC2)cc1. The topological polar surface area (TPSA) is 91.7 Å². The van der Waals surface area contributed by atoms with E-state index in [1.54, 1.807) is 17.0 Å². The number of carbonyl (C=O) groups excluding carboxylic acids is 2. The Morgan fingerprint density at radius 1 is 0.935 bits per heavy atom. The van der Waals surface area contributed by atoms with E-state index in [-0.39, 0.29) is 29.8 Å². The Kier molecular flexibility index (Phi) is 5.55. The summed E-state index contributed by atoms with van der Waals surface area (Å²) in [6, 6.07) is 13.8. The first kappa shape index (κ1) is 21.1. The maximum absolute atomic E-state index is 13.1. The van der Waals surface area contributed by atoms with Gasteiger partial charge >= 0.3 is 0 Å². The van der Waals surface area contributed by atoms with Gasteiger partial charge in [0.15, 0.2) is 0 Å². The van der Waals surface area contributed by atoms with Gasteiger partial charge in [0, 0.05) is 62.9 Å². The molecule has 162 valence electrons. The second kappa shape index (κ2) is 8.16. The molecule has 8 nitrogen and oxygen atoms in total. The minimum atomic E-state index is -3.67. The van der Waals surface area contributed by atoms with Crippen LogP contribution in [0.1, 0.15) is 17.3 Å². The summed E-state index contributed by atoms with van der Waals surface area (Å²) < 4.78 is 29.3. The number of rotatable bonds is 4. The number of nitrogens with zero attached hydrogens (tertiary/aromatic N) is 3. The van der Waals surface area contributed by atoms with Gasteiger partial charge in [-0.1, -0.05) is 18.2 Å². The Morgan fingerprint density at radius 2 is 1.58 bits per heavy atom. The zero-order valence-corrected chi connectivity index (χ0v) is 18.2. The molecule has 1 fully saturated rings. The van der Waals surface area contributed by atoms with Gasteiger partial charge in [0.1, 0.15) is 0 Å². The highest BCUT2D eigenvalue weighted by molar-refractivity contribution is 7.89. The summed E-state index contributed by atoms with van der Waals surface area (Å²) in [7, 11) is -1.77. The number of hydrogen-bond donors (Lipinski definition) is 1. The molecule has 1 aliphatic heterocycles. The van der Waals surface area contributed by atoms with E-state index < -0.39 is 10.0 Å². The zero-order valence-electron chi connectivity index (χ0n) is 17.4. The van der Waals surface area contributed by atoms with Crippen molar-refractivity contribution in [3.63, 3.8) is 0 Å². The maximum atomic E-state index is 13.1. The van der Waals surface area contributed by atoms with E-state index in [0.717, 1.165) is 10.9 Å². The van der Waals surface area contributed by atoms with Crippen LogP contribution in [0.3, 0.4) is 0 Å². The smallest absolute Gasteiger partial charge is 0.256 e. The third kappa shape index (κ3) is 4.06. The van der Waals surface area contributed by atoms with E-state index in [4.69, 9.17) is 0 Å². The van der Waals surface area contributed by atoms with Crippen LogP contribution < -0.4 is 5.32 Å². The summed E-state index contributed by atoms with van der Waals surface area (Å²) in [6.07, 6.45) is 1.83. The summed E-state index contributed by atoms with van der Waals surface area (Å²) in [5, 5.41) is 3.51. The van der Waals surface area contributed by atoms with Gasteiger partial charge in [0.25, 0.3) is 5.91 Å². The van der Waals surface area contributed by atoms with Gasteiger partial charge in [-0.2, -0.15) is 4.31 Å². The Labute approximate surface area is 181 Å². The van der Waals surface area contributed by atoms with Crippen LogP contribution in [0.15, 0.2) is 59.6 Å². The van der Waals surface area contributed by atoms with Crippen LogP contribution in [-0.4, -0.2) is 60.2 Å². The molecule has 31 heavy (non-hydrogen) atoms. The molecule has 1 aliphatic rings. The normalized spacial score (nSPS) is 15.2. The summed E-state index contributed by atoms with van der Waals surface area (Å²) in [4.78, 5) is 26.1. The van der Waals surface area contributed by atoms with Crippen LogP contribution in [0, 0.1) is 0 Å². The Hall–Kier alpha value is -3.17. The van der Waals surface area contributed by atoms with E-state index in [1.165, 1.54) is 23.4 Å². The van der Waals surface area contributed by atoms with Crippen molar-refractivity contribution in [1.82, 2.24) is 13.8 Å². The van der Waals surface area contributed by atoms with Gasteiger partial charge in [-0.3, -0.25) is 9.59 Å². The number of aromatic nitrogens is 1. The number of hydrogen-bond acceptors (Lipinski definition) is 4. The highest BCUT2D eigenvalue weighted by Gasteiger charge is 2.31. The quantitative estimate of drug-likeness (QED) is 0.674. The fourth-order valence-corrected chi connectivity index (χ4v) is 5.30. The first-order valence-corrected chi connectivity index (χ1v) is 11.4. The highest BCUT2D eigenvalue weighted by Crippen LogP contribution is 2.24. The zero-order chi connectivity index (χ0) is 22.2. The molecule has 3 aromatic rings. The van der Waals surface area contributed by atoms with Crippen molar-refractivity contribution in [3.8, 4) is 0 Å². The van der Waals surface area contributed by atoms with Crippen molar-refractivity contribution < 1.29 is 18.0 Å². The molecule has 0 unspecified atom stereocenters. The second-order valence-electron chi connectivity index (χ2n) is 7.57. The lowest BCUT2D eigenvalue weighted by Gasteiger charge is -2.34. The van der Waals surface area contributed by atoms with Crippen LogP contribution in [0.5, 0.6) is 0 Å². The summed E-state index contributed by atoms with van der Waals surface area (Å²) in [5.74, 6) is -0.309. The fraction of sp³-hybridized carbons (Fsp3) is 0.273. The third-order valence-corrected chi connectivity index (χ3v) is 7.38. The van der Waals surface area contributed by atoms with E-state index >= 15 is 0 Å². The first-order chi connectivity index (χ1) is 14.8. The summed E-state index contributed by atoms with van der Waals surface area (Å²) >= 11 is 0. The van der Waals surface area contributed by atoms with Gasteiger partial charge in [-0.15, -0.1) is 0 Å². The molecule has 0 atom stereocenters. The molecule has 0 saturated carbocycles. The predicted octanol–water partition coefficient (Wildman–Crippen LogP) is 2.28. The number of benzene rings is 2. The van der Waals surface area contributed by atoms with Gasteiger partial charge in [-0.05, 0) is 30.3 Å². The van der Waals surface area contributed by atoms with Crippen LogP contribution in [0.2, 0.25) is 0 Å². The number of carbonyl (C=O) groups is 2. The van der Waals surface area contributed by atoms with Gasteiger partial charge < -0.3 is 14.8 Å². The molecule has 0 aliphatic carbocycles. The van der Waals surface area contributed by atoms with E-state index in [1.807, 2.05) is 42.1 Å². The average Bonchev–Trinajstić information content (AvgIpc) is 3.10. The molecular weight excluding hydrogens is 416 g/mol. The van der Waals surface area contributed by atoms with Gasteiger partial charge in [0.2, 0.25) is 15.9 Å². The van der Waals surface area contributed by atoms with Crippen molar-refractivity contribution in [3.05, 3.63) is 60.3 Å². The molecule has 0 bridgehead atoms. The molecule has 9 heteroatoms. The lowest BCUT2D eigenvalue weighted by Crippen LogP contribution is -2.50. The van der Waals surface area contributed by atoms with Crippen LogP contribution in [0.25, 0.3) is 10.9 Å². The fourth-order valence-electron chi connectivity index (χ4n) is 3.88. The summed E-state index contributed by atoms with van der Waals surface area (Å²) in [5.41, 5.74) is 2.15. The van der Waals surface area contributed by atoms with Crippen molar-refractivity contribution in [1.29, 1.82) is 0 Å². The van der Waals surface area contributed by atoms with E-state index in [0.29, 0.717) is 24.3 Å². The monoisotopic (exact) mass is 440 g/mol. The number of amides is 2. The molecule has 0 spiro atoms. The number of nitrogens with one attached hydrogen (secondary N) is 1. The van der Waals surface area contributed by atoms with Crippen LogP contribution in [0.4, 0.5) is 5.69 Å². The number of anilines is 1. The number of piperazine rings is 1. The largest absolute Gasteiger partial charge is 0.350 e. The third-order valence-electron chi connectivity index (χ3n) is 5.47. The van der Waals surface area contributed by atoms with E-state index in [2.05, 4.69) is 5.32 Å². The van der Waals surface area contributed by atoms with Crippen molar-refractivity contribution in [2.45, 2.75) is 11.8 Å². The number of para-hydroxylation sites is 1. The Morgan fingerprint density at radius 3 is 2.23 bits per heavy atom. The lowest BCUT2D eigenvalue weighted by molar-refractivity contribution is -0.114. The summed E-state index contributed by atoms with van der Waals surface area (Å²) in [6.45, 7) is 2.50. The van der Waals surface area contributed by atoms with Crippen molar-refractivity contribution in [2.24, 2.45) is 7.05 Å². The standard InChI is InChI=1S/C22H24N4O4S/c1-16(27)23-17-7-9-18(10-8-17)31(29,30)26-13-11-25(12-14-26)22(28)20-15-24(2)21-6-4-3-5-19(20)21/h3-10,15H,11-14H2,1-2H3,(H,23,27). The lowest BCUT2D eigenvalue weighted by atomic mass is 10.1. The van der Waals surface area contributed by atoms with Crippen LogP contribution >= 0.6 is 0 Å². The highest BCUT2D eigenvalue weighted by atomic mass is 32.2. The minimum absolute atomic E-state index is 0.0893. The molecule has 0 radical (unpaired) electrons. The van der Waals surface area contributed by atoms with Gasteiger partial charge in [0.05, 0.1) is 10.5 Å². The maximum Gasteiger partial charge on any atom is 0.256 e. The molecule has 1 N–H and O–H groups in total. The van der Waals surface area contributed by atoms with Crippen molar-refractivity contribution >= 4 is 38.4 Å². The number of aryl methyl sites for hydroxylation is 1. The Balaban J connectivity index is 1.46. The first-order valence-electron chi connectivity index (χ1n) is 9.98. The molecule has 1 saturated heterocycles. The van der Waals surface area contributed by atoms with Crippen molar-refractivity contribution in [2.75, 3.05) is 31.5 Å². The average molecular weight is 441 g/mol. The minimum Gasteiger partial charge on any atom is -0.350 e. The number of fused-ring (bicyclic) bond motifs is 1. The molecule has 2 aromatic carbocycles. The van der Waals surface area contributed by atoms with E-state index in [9.17, 15) is 18.0 Å². The Bertz CT molecular complexity index is 1240. The second-order valence-corrected chi connectivity index (χ2v) is 9.51. The number of sulfonamides is 1. The van der Waals surface area contributed by atoms with Gasteiger partial charge in [-0.25, -0.2) is 8.42 Å². The predicted molar refractivity (Wildman–Crippen MR) is 118 cm³/mol. The molecule has 4 rings (SSSR count). The molecule has 2 amide bonds. The molecule has 2 heterocycles. The molecular formula is C22H24N4O4S. The molecule has 1 aromatic heterocycles. The van der Waals surface area contributed by atoms with Crippen LogP contribution in [-0.2, 0) is 21.9 Å².